The van der Waals surface area contributed by atoms with Gasteiger partial charge in [0.1, 0.15) is 5.82 Å². The molecule has 160 valence electrons. The zero-order valence-corrected chi connectivity index (χ0v) is 16.8. The second kappa shape index (κ2) is 8.80. The number of nitrogens with one attached hydrogen (secondary N) is 1. The summed E-state index contributed by atoms with van der Waals surface area (Å²) in [7, 11) is 2.06. The van der Waals surface area contributed by atoms with Crippen molar-refractivity contribution in [2.45, 2.75) is 6.30 Å². The third-order valence-electron chi connectivity index (χ3n) is 5.42. The Hall–Kier alpha value is -2.98. The minimum atomic E-state index is -1.28. The highest BCUT2D eigenvalue weighted by Crippen LogP contribution is 2.34. The van der Waals surface area contributed by atoms with Crippen LogP contribution < -0.4 is 15.1 Å². The van der Waals surface area contributed by atoms with Gasteiger partial charge in [-0.3, -0.25) is 10.1 Å². The molecule has 0 radical (unpaired) electrons. The lowest BCUT2D eigenvalue weighted by molar-refractivity contribution is -0.384. The molecule has 2 saturated heterocycles. The topological polar surface area (TPSA) is 87.0 Å². The predicted octanol–water partition coefficient (Wildman–Crippen LogP) is 2.62. The molecule has 2 aliphatic heterocycles. The summed E-state index contributed by atoms with van der Waals surface area (Å²) in [4.78, 5) is 21.6. The number of halogens is 1. The lowest BCUT2D eigenvalue weighted by Gasteiger charge is -2.34. The normalized spacial score (nSPS) is 20.3. The number of ether oxygens (including phenoxy) is 1. The second-order valence-corrected chi connectivity index (χ2v) is 7.43. The van der Waals surface area contributed by atoms with E-state index >= 15 is 0 Å². The number of piperazine rings is 1. The monoisotopic (exact) mass is 416 g/mol. The van der Waals surface area contributed by atoms with Gasteiger partial charge in [0.25, 0.3) is 0 Å². The maximum absolute atomic E-state index is 14.4. The first-order valence-corrected chi connectivity index (χ1v) is 9.96. The highest BCUT2D eigenvalue weighted by molar-refractivity contribution is 5.78. The summed E-state index contributed by atoms with van der Waals surface area (Å²) in [5.74, 6) is 0.830. The highest BCUT2D eigenvalue weighted by Gasteiger charge is 2.26. The molecular formula is C20H25FN6O3. The number of anilines is 4. The first kappa shape index (κ1) is 20.3. The van der Waals surface area contributed by atoms with Gasteiger partial charge in [-0.1, -0.05) is 12.1 Å². The number of alkyl halides is 1. The van der Waals surface area contributed by atoms with Crippen molar-refractivity contribution in [3.8, 4) is 0 Å². The van der Waals surface area contributed by atoms with Gasteiger partial charge in [-0.15, -0.1) is 0 Å². The van der Waals surface area contributed by atoms with E-state index in [0.29, 0.717) is 30.3 Å². The smallest absolute Gasteiger partial charge is 0.311 e. The number of hydrogen-bond acceptors (Lipinski definition) is 8. The van der Waals surface area contributed by atoms with E-state index in [4.69, 9.17) is 4.74 Å². The van der Waals surface area contributed by atoms with E-state index in [9.17, 15) is 14.5 Å². The molecule has 30 heavy (non-hydrogen) atoms. The van der Waals surface area contributed by atoms with E-state index in [1.165, 1.54) is 6.07 Å². The van der Waals surface area contributed by atoms with Crippen LogP contribution >= 0.6 is 0 Å². The molecule has 1 aromatic carbocycles. The lowest BCUT2D eigenvalue weighted by Crippen LogP contribution is -2.44. The van der Waals surface area contributed by atoms with E-state index in [2.05, 4.69) is 27.1 Å². The Labute approximate surface area is 174 Å². The zero-order valence-electron chi connectivity index (χ0n) is 16.8. The molecule has 2 aliphatic rings. The van der Waals surface area contributed by atoms with Crippen molar-refractivity contribution in [1.82, 2.24) is 9.88 Å². The fourth-order valence-electron chi connectivity index (χ4n) is 3.69. The van der Waals surface area contributed by atoms with E-state index < -0.39 is 11.2 Å². The predicted molar refractivity (Wildman–Crippen MR) is 113 cm³/mol. The molecule has 1 atom stereocenters. The average Bonchev–Trinajstić information content (AvgIpc) is 2.75. The number of para-hydroxylation sites is 2. The van der Waals surface area contributed by atoms with Gasteiger partial charge in [0.05, 0.1) is 29.5 Å². The van der Waals surface area contributed by atoms with Gasteiger partial charge >= 0.3 is 5.69 Å². The zero-order chi connectivity index (χ0) is 21.1. The molecule has 10 heteroatoms. The molecule has 9 nitrogen and oxygen atoms in total. The largest absolute Gasteiger partial charge is 0.375 e. The molecule has 1 unspecified atom stereocenters. The summed E-state index contributed by atoms with van der Waals surface area (Å²) in [6, 6.07) is 10.3. The van der Waals surface area contributed by atoms with Crippen LogP contribution in [0.5, 0.6) is 0 Å². The fraction of sp³-hybridized carbons (Fsp3) is 0.450. The van der Waals surface area contributed by atoms with Crippen LogP contribution in [-0.2, 0) is 4.74 Å². The molecule has 0 aliphatic carbocycles. The summed E-state index contributed by atoms with van der Waals surface area (Å²) >= 11 is 0. The summed E-state index contributed by atoms with van der Waals surface area (Å²) in [5.41, 5.74) is 1.06. The van der Waals surface area contributed by atoms with Crippen LogP contribution in [0.1, 0.15) is 0 Å². The maximum Gasteiger partial charge on any atom is 0.311 e. The van der Waals surface area contributed by atoms with Gasteiger partial charge < -0.3 is 24.8 Å². The molecule has 0 spiro atoms. The molecule has 3 heterocycles. The van der Waals surface area contributed by atoms with Crippen molar-refractivity contribution in [2.24, 2.45) is 0 Å². The van der Waals surface area contributed by atoms with Crippen molar-refractivity contribution in [3.63, 3.8) is 0 Å². The van der Waals surface area contributed by atoms with Crippen molar-refractivity contribution >= 4 is 28.7 Å². The van der Waals surface area contributed by atoms with Crippen molar-refractivity contribution < 1.29 is 14.1 Å². The average molecular weight is 416 g/mol. The minimum absolute atomic E-state index is 0.00831. The highest BCUT2D eigenvalue weighted by atomic mass is 19.1. The van der Waals surface area contributed by atoms with Crippen LogP contribution in [0, 0.1) is 10.1 Å². The molecule has 2 fully saturated rings. The SMILES string of the molecule is CN1CCN(c2ccc([N+](=O)[O-])c(Nc3ccccc3N3CCOCC3F)n2)CC1. The van der Waals surface area contributed by atoms with Gasteiger partial charge in [-0.25, -0.2) is 9.37 Å². The van der Waals surface area contributed by atoms with Gasteiger partial charge in [-0.05, 0) is 25.2 Å². The van der Waals surface area contributed by atoms with Crippen molar-refractivity contribution in [2.75, 3.05) is 68.1 Å². The standard InChI is InChI=1S/C20H25FN6O3/c1-24-8-10-25(11-9-24)19-7-6-17(27(28)29)20(23-19)22-15-4-2-3-5-16(15)26-12-13-30-14-18(26)21/h2-7,18H,8-14H2,1H3,(H,22,23). The van der Waals surface area contributed by atoms with E-state index in [0.717, 1.165) is 26.2 Å². The minimum Gasteiger partial charge on any atom is -0.375 e. The van der Waals surface area contributed by atoms with Gasteiger partial charge in [-0.2, -0.15) is 0 Å². The maximum atomic E-state index is 14.4. The molecule has 4 rings (SSSR count). The molecule has 0 amide bonds. The Bertz CT molecular complexity index is 906. The number of nitro groups is 1. The molecule has 1 N–H and O–H groups in total. The van der Waals surface area contributed by atoms with Crippen LogP contribution in [0.25, 0.3) is 0 Å². The van der Waals surface area contributed by atoms with Crippen LogP contribution in [0.3, 0.4) is 0 Å². The summed E-state index contributed by atoms with van der Waals surface area (Å²) in [6.45, 7) is 4.22. The van der Waals surface area contributed by atoms with Gasteiger partial charge in [0.2, 0.25) is 5.82 Å². The summed E-state index contributed by atoms with van der Waals surface area (Å²) in [6.07, 6.45) is -1.28. The summed E-state index contributed by atoms with van der Waals surface area (Å²) < 4.78 is 19.6. The van der Waals surface area contributed by atoms with E-state index in [-0.39, 0.29) is 18.1 Å². The molecule has 1 aromatic heterocycles. The third-order valence-corrected chi connectivity index (χ3v) is 5.42. The number of rotatable bonds is 5. The Morgan fingerprint density at radius 2 is 1.93 bits per heavy atom. The number of morpholine rings is 1. The molecule has 2 aromatic rings. The number of nitrogens with zero attached hydrogens (tertiary/aromatic N) is 5. The van der Waals surface area contributed by atoms with Crippen LogP contribution in [0.4, 0.5) is 33.1 Å². The summed E-state index contributed by atoms with van der Waals surface area (Å²) in [5, 5.41) is 14.7. The lowest BCUT2D eigenvalue weighted by atomic mass is 10.2. The molecule has 0 bridgehead atoms. The first-order chi connectivity index (χ1) is 14.5. The number of likely N-dealkylation sites (N-methyl/N-ethyl adjacent to an activating group) is 1. The van der Waals surface area contributed by atoms with Crippen molar-refractivity contribution in [3.05, 3.63) is 46.5 Å². The number of benzene rings is 1. The molecular weight excluding hydrogens is 391 g/mol. The Morgan fingerprint density at radius 1 is 1.17 bits per heavy atom. The van der Waals surface area contributed by atoms with Gasteiger partial charge in [0, 0.05) is 38.8 Å². The van der Waals surface area contributed by atoms with Crippen molar-refractivity contribution in [1.29, 1.82) is 0 Å². The molecule has 0 saturated carbocycles. The number of hydrogen-bond donors (Lipinski definition) is 1. The quantitative estimate of drug-likeness (QED) is 0.452. The van der Waals surface area contributed by atoms with Crippen LogP contribution in [-0.4, -0.2) is 74.1 Å². The van der Waals surface area contributed by atoms with Crippen LogP contribution in [0.15, 0.2) is 36.4 Å². The third kappa shape index (κ3) is 4.29. The first-order valence-electron chi connectivity index (χ1n) is 9.96. The van der Waals surface area contributed by atoms with Crippen LogP contribution in [0.2, 0.25) is 0 Å². The second-order valence-electron chi connectivity index (χ2n) is 7.43. The van der Waals surface area contributed by atoms with E-state index in [1.54, 1.807) is 29.2 Å². The Balaban J connectivity index is 1.65. The number of aromatic nitrogens is 1. The Morgan fingerprint density at radius 3 is 2.67 bits per heavy atom. The van der Waals surface area contributed by atoms with E-state index in [1.807, 2.05) is 6.07 Å². The fourth-order valence-corrected chi connectivity index (χ4v) is 3.69. The van der Waals surface area contributed by atoms with Gasteiger partial charge in [0.15, 0.2) is 6.30 Å². The Kier molecular flexibility index (Phi) is 5.96. The number of pyridine rings is 1.